The van der Waals surface area contributed by atoms with E-state index in [1.807, 2.05) is 13.0 Å². The van der Waals surface area contributed by atoms with Gasteiger partial charge in [0.1, 0.15) is 5.75 Å². The van der Waals surface area contributed by atoms with E-state index in [1.165, 1.54) is 40.8 Å². The Morgan fingerprint density at radius 2 is 2.00 bits per heavy atom. The lowest BCUT2D eigenvalue weighted by atomic mass is 10.0. The van der Waals surface area contributed by atoms with E-state index < -0.39 is 0 Å². The van der Waals surface area contributed by atoms with Gasteiger partial charge in [-0.25, -0.2) is 0 Å². The highest BCUT2D eigenvalue weighted by atomic mass is 16.5. The van der Waals surface area contributed by atoms with Crippen molar-refractivity contribution in [3.05, 3.63) is 58.7 Å². The molecule has 1 aliphatic rings. The average Bonchev–Trinajstić information content (AvgIpc) is 2.84. The summed E-state index contributed by atoms with van der Waals surface area (Å²) in [5.74, 6) is 0.947. The van der Waals surface area contributed by atoms with Gasteiger partial charge < -0.3 is 10.1 Å². The molecule has 0 aliphatic heterocycles. The normalized spacial score (nSPS) is 16.6. The Morgan fingerprint density at radius 3 is 2.76 bits per heavy atom. The van der Waals surface area contributed by atoms with Crippen LogP contribution in [0.4, 0.5) is 5.69 Å². The molecule has 2 nitrogen and oxygen atoms in total. The van der Waals surface area contributed by atoms with Crippen molar-refractivity contribution in [1.29, 1.82) is 0 Å². The first-order chi connectivity index (χ1) is 10.2. The molecule has 0 heterocycles. The summed E-state index contributed by atoms with van der Waals surface area (Å²) in [6.07, 6.45) is 2.34. The van der Waals surface area contributed by atoms with Crippen molar-refractivity contribution in [2.75, 3.05) is 11.9 Å². The van der Waals surface area contributed by atoms with Crippen molar-refractivity contribution in [1.82, 2.24) is 0 Å². The zero-order valence-corrected chi connectivity index (χ0v) is 13.1. The van der Waals surface area contributed by atoms with Crippen molar-refractivity contribution in [3.63, 3.8) is 0 Å². The Hall–Kier alpha value is -1.96. The van der Waals surface area contributed by atoms with Crippen molar-refractivity contribution in [3.8, 4) is 5.75 Å². The summed E-state index contributed by atoms with van der Waals surface area (Å²) in [5.41, 5.74) is 6.73. The van der Waals surface area contributed by atoms with Gasteiger partial charge >= 0.3 is 0 Å². The molecule has 1 N–H and O–H groups in total. The number of rotatable bonds is 4. The third-order valence-electron chi connectivity index (χ3n) is 4.22. The molecule has 2 heteroatoms. The van der Waals surface area contributed by atoms with Crippen molar-refractivity contribution in [2.24, 2.45) is 0 Å². The van der Waals surface area contributed by atoms with Crippen LogP contribution in [0.25, 0.3) is 0 Å². The molecule has 3 rings (SSSR count). The Bertz CT molecular complexity index is 648. The van der Waals surface area contributed by atoms with E-state index in [2.05, 4.69) is 49.5 Å². The third-order valence-corrected chi connectivity index (χ3v) is 4.22. The maximum atomic E-state index is 5.56. The van der Waals surface area contributed by atoms with E-state index >= 15 is 0 Å². The number of hydrogen-bond donors (Lipinski definition) is 1. The Kier molecular flexibility index (Phi) is 3.87. The van der Waals surface area contributed by atoms with Gasteiger partial charge in [0.2, 0.25) is 0 Å². The maximum Gasteiger partial charge on any atom is 0.119 e. The number of aryl methyl sites for hydroxylation is 3. The molecule has 1 aliphatic carbocycles. The molecule has 2 aromatic rings. The largest absolute Gasteiger partial charge is 0.494 e. The van der Waals surface area contributed by atoms with Crippen LogP contribution >= 0.6 is 0 Å². The van der Waals surface area contributed by atoms with Gasteiger partial charge in [-0.3, -0.25) is 0 Å². The second-order valence-corrected chi connectivity index (χ2v) is 5.85. The SMILES string of the molecule is CCOc1ccc(NC2CCc3ccc(C)cc32)c(C)c1. The Labute approximate surface area is 127 Å². The standard InChI is InChI=1S/C19H23NO/c1-4-21-16-8-10-18(14(3)12-16)20-19-9-7-15-6-5-13(2)11-17(15)19/h5-6,8,10-12,19-20H,4,7,9H2,1-3H3. The van der Waals surface area contributed by atoms with E-state index in [-0.39, 0.29) is 0 Å². The lowest BCUT2D eigenvalue weighted by Crippen LogP contribution is -2.08. The molecule has 1 unspecified atom stereocenters. The molecule has 0 saturated heterocycles. The van der Waals surface area contributed by atoms with Crippen LogP contribution in [0.15, 0.2) is 36.4 Å². The first-order valence-corrected chi connectivity index (χ1v) is 7.77. The van der Waals surface area contributed by atoms with Gasteiger partial charge in [-0.2, -0.15) is 0 Å². The minimum Gasteiger partial charge on any atom is -0.494 e. The minimum atomic E-state index is 0.427. The molecule has 0 amide bonds. The van der Waals surface area contributed by atoms with Crippen molar-refractivity contribution >= 4 is 5.69 Å². The summed E-state index contributed by atoms with van der Waals surface area (Å²) in [6.45, 7) is 7.02. The van der Waals surface area contributed by atoms with Gasteiger partial charge in [-0.15, -0.1) is 0 Å². The lowest BCUT2D eigenvalue weighted by Gasteiger charge is -2.18. The van der Waals surface area contributed by atoms with Crippen molar-refractivity contribution in [2.45, 2.75) is 39.7 Å². The number of fused-ring (bicyclic) bond motifs is 1. The molecule has 0 spiro atoms. The lowest BCUT2D eigenvalue weighted by molar-refractivity contribution is 0.340. The second kappa shape index (κ2) is 5.80. The average molecular weight is 281 g/mol. The summed E-state index contributed by atoms with van der Waals surface area (Å²) < 4.78 is 5.56. The first-order valence-electron chi connectivity index (χ1n) is 7.77. The quantitative estimate of drug-likeness (QED) is 0.869. The van der Waals surface area contributed by atoms with Crippen LogP contribution in [0.1, 0.15) is 41.6 Å². The van der Waals surface area contributed by atoms with Crippen LogP contribution in [0.2, 0.25) is 0 Å². The monoisotopic (exact) mass is 281 g/mol. The number of anilines is 1. The minimum absolute atomic E-state index is 0.427. The van der Waals surface area contributed by atoms with E-state index in [9.17, 15) is 0 Å². The molecule has 0 saturated carbocycles. The second-order valence-electron chi connectivity index (χ2n) is 5.85. The van der Waals surface area contributed by atoms with Crippen LogP contribution in [-0.4, -0.2) is 6.61 Å². The Balaban J connectivity index is 1.81. The fraction of sp³-hybridized carbons (Fsp3) is 0.368. The topological polar surface area (TPSA) is 21.3 Å². The fourth-order valence-electron chi connectivity index (χ4n) is 3.11. The molecular weight excluding hydrogens is 258 g/mol. The van der Waals surface area contributed by atoms with E-state index in [0.29, 0.717) is 12.6 Å². The van der Waals surface area contributed by atoms with Crippen molar-refractivity contribution < 1.29 is 4.74 Å². The molecule has 0 fully saturated rings. The molecule has 0 bridgehead atoms. The highest BCUT2D eigenvalue weighted by molar-refractivity contribution is 5.56. The fourth-order valence-corrected chi connectivity index (χ4v) is 3.11. The van der Waals surface area contributed by atoms with Gasteiger partial charge in [0.05, 0.1) is 12.6 Å². The van der Waals surface area contributed by atoms with Gasteiger partial charge in [-0.1, -0.05) is 23.8 Å². The predicted molar refractivity (Wildman–Crippen MR) is 88.2 cm³/mol. The zero-order chi connectivity index (χ0) is 14.8. The molecular formula is C19H23NO. The summed E-state index contributed by atoms with van der Waals surface area (Å²) in [6, 6.07) is 13.5. The molecule has 1 atom stereocenters. The summed E-state index contributed by atoms with van der Waals surface area (Å²) in [4.78, 5) is 0. The molecule has 0 aromatic heterocycles. The predicted octanol–water partition coefficient (Wildman–Crippen LogP) is 4.80. The van der Waals surface area contributed by atoms with Crippen LogP contribution in [0, 0.1) is 13.8 Å². The van der Waals surface area contributed by atoms with Crippen LogP contribution in [-0.2, 0) is 6.42 Å². The van der Waals surface area contributed by atoms with E-state index in [4.69, 9.17) is 4.74 Å². The van der Waals surface area contributed by atoms with E-state index in [0.717, 1.165) is 5.75 Å². The van der Waals surface area contributed by atoms with Gasteiger partial charge in [0.15, 0.2) is 0 Å². The van der Waals surface area contributed by atoms with Crippen LogP contribution in [0.3, 0.4) is 0 Å². The summed E-state index contributed by atoms with van der Waals surface area (Å²) in [7, 11) is 0. The van der Waals surface area contributed by atoms with Crippen LogP contribution in [0.5, 0.6) is 5.75 Å². The smallest absolute Gasteiger partial charge is 0.119 e. The molecule has 2 aromatic carbocycles. The number of benzene rings is 2. The maximum absolute atomic E-state index is 5.56. The molecule has 110 valence electrons. The number of hydrogen-bond acceptors (Lipinski definition) is 2. The summed E-state index contributed by atoms with van der Waals surface area (Å²) >= 11 is 0. The molecule has 21 heavy (non-hydrogen) atoms. The van der Waals surface area contributed by atoms with Crippen LogP contribution < -0.4 is 10.1 Å². The van der Waals surface area contributed by atoms with Gasteiger partial charge in [0.25, 0.3) is 0 Å². The first kappa shape index (κ1) is 14.0. The van der Waals surface area contributed by atoms with Gasteiger partial charge in [-0.05, 0) is 68.5 Å². The van der Waals surface area contributed by atoms with Gasteiger partial charge in [0, 0.05) is 5.69 Å². The Morgan fingerprint density at radius 1 is 1.14 bits per heavy atom. The molecule has 0 radical (unpaired) electrons. The zero-order valence-electron chi connectivity index (χ0n) is 13.1. The third kappa shape index (κ3) is 2.90. The highest BCUT2D eigenvalue weighted by Gasteiger charge is 2.22. The summed E-state index contributed by atoms with van der Waals surface area (Å²) in [5, 5.41) is 3.71. The number of nitrogens with one attached hydrogen (secondary N) is 1. The number of ether oxygens (including phenoxy) is 1. The highest BCUT2D eigenvalue weighted by Crippen LogP contribution is 2.35. The van der Waals surface area contributed by atoms with E-state index in [1.54, 1.807) is 0 Å².